The third-order valence-corrected chi connectivity index (χ3v) is 4.28. The van der Waals surface area contributed by atoms with E-state index in [9.17, 15) is 4.79 Å². The van der Waals surface area contributed by atoms with Crippen LogP contribution in [0.4, 0.5) is 0 Å². The SMILES string of the molecule is CN(CCC(=O)O)C1CCOC2(CCCC2)C1. The molecule has 98 valence electrons. The molecule has 0 aromatic heterocycles. The van der Waals surface area contributed by atoms with Gasteiger partial charge in [-0.1, -0.05) is 12.8 Å². The van der Waals surface area contributed by atoms with Crippen LogP contribution in [0.25, 0.3) is 0 Å². The number of carboxylic acids is 1. The van der Waals surface area contributed by atoms with Crippen molar-refractivity contribution < 1.29 is 14.6 Å². The van der Waals surface area contributed by atoms with E-state index in [4.69, 9.17) is 9.84 Å². The largest absolute Gasteiger partial charge is 0.481 e. The molecule has 1 atom stereocenters. The summed E-state index contributed by atoms with van der Waals surface area (Å²) >= 11 is 0. The van der Waals surface area contributed by atoms with Gasteiger partial charge in [0.15, 0.2) is 0 Å². The molecule has 2 fully saturated rings. The van der Waals surface area contributed by atoms with Crippen molar-refractivity contribution in [2.45, 2.75) is 56.6 Å². The summed E-state index contributed by atoms with van der Waals surface area (Å²) < 4.78 is 5.99. The third kappa shape index (κ3) is 3.19. The van der Waals surface area contributed by atoms with E-state index in [0.29, 0.717) is 12.6 Å². The monoisotopic (exact) mass is 241 g/mol. The van der Waals surface area contributed by atoms with Crippen LogP contribution in [0.1, 0.15) is 44.9 Å². The van der Waals surface area contributed by atoms with Gasteiger partial charge in [-0.3, -0.25) is 4.79 Å². The summed E-state index contributed by atoms with van der Waals surface area (Å²) in [7, 11) is 2.04. The molecular formula is C13H23NO3. The maximum atomic E-state index is 10.6. The van der Waals surface area contributed by atoms with E-state index in [1.165, 1.54) is 25.7 Å². The number of nitrogens with zero attached hydrogens (tertiary/aromatic N) is 1. The Hall–Kier alpha value is -0.610. The lowest BCUT2D eigenvalue weighted by Crippen LogP contribution is -2.46. The number of hydrogen-bond acceptors (Lipinski definition) is 3. The van der Waals surface area contributed by atoms with Crippen LogP contribution < -0.4 is 0 Å². The number of carboxylic acid groups (broad SMARTS) is 1. The van der Waals surface area contributed by atoms with Gasteiger partial charge < -0.3 is 14.7 Å². The predicted octanol–water partition coefficient (Wildman–Crippen LogP) is 1.88. The molecule has 1 saturated carbocycles. The van der Waals surface area contributed by atoms with Crippen LogP contribution in [-0.4, -0.2) is 47.8 Å². The van der Waals surface area contributed by atoms with Gasteiger partial charge in [-0.05, 0) is 32.7 Å². The van der Waals surface area contributed by atoms with E-state index in [2.05, 4.69) is 4.90 Å². The molecule has 1 unspecified atom stereocenters. The Morgan fingerprint density at radius 1 is 1.47 bits per heavy atom. The van der Waals surface area contributed by atoms with E-state index in [1.807, 2.05) is 7.05 Å². The lowest BCUT2D eigenvalue weighted by Gasteiger charge is -2.41. The van der Waals surface area contributed by atoms with Crippen molar-refractivity contribution in [1.29, 1.82) is 0 Å². The fraction of sp³-hybridized carbons (Fsp3) is 0.923. The first-order valence-corrected chi connectivity index (χ1v) is 6.67. The minimum Gasteiger partial charge on any atom is -0.481 e. The highest BCUT2D eigenvalue weighted by Gasteiger charge is 2.40. The molecule has 1 saturated heterocycles. The smallest absolute Gasteiger partial charge is 0.304 e. The molecular weight excluding hydrogens is 218 g/mol. The molecule has 4 heteroatoms. The Morgan fingerprint density at radius 2 is 2.18 bits per heavy atom. The topological polar surface area (TPSA) is 49.8 Å². The minimum atomic E-state index is -0.709. The van der Waals surface area contributed by atoms with E-state index < -0.39 is 5.97 Å². The number of ether oxygens (including phenoxy) is 1. The van der Waals surface area contributed by atoms with Crippen molar-refractivity contribution >= 4 is 5.97 Å². The highest BCUT2D eigenvalue weighted by atomic mass is 16.5. The number of aliphatic carboxylic acids is 1. The molecule has 1 spiro atoms. The maximum absolute atomic E-state index is 10.6. The van der Waals surface area contributed by atoms with Crippen molar-refractivity contribution in [3.63, 3.8) is 0 Å². The van der Waals surface area contributed by atoms with Gasteiger partial charge >= 0.3 is 5.97 Å². The maximum Gasteiger partial charge on any atom is 0.304 e. The van der Waals surface area contributed by atoms with Gasteiger partial charge in [0.1, 0.15) is 0 Å². The Kier molecular flexibility index (Phi) is 4.05. The standard InChI is InChI=1S/C13H23NO3/c1-14(8-4-12(15)16)11-5-9-17-13(10-11)6-2-3-7-13/h11H,2-10H2,1H3,(H,15,16). The van der Waals surface area contributed by atoms with Gasteiger partial charge in [0, 0.05) is 19.2 Å². The van der Waals surface area contributed by atoms with Crippen molar-refractivity contribution in [2.75, 3.05) is 20.2 Å². The number of rotatable bonds is 4. The zero-order chi connectivity index (χ0) is 12.3. The highest BCUT2D eigenvalue weighted by molar-refractivity contribution is 5.66. The second-order valence-corrected chi connectivity index (χ2v) is 5.51. The summed E-state index contributed by atoms with van der Waals surface area (Å²) in [6.45, 7) is 1.48. The molecule has 2 aliphatic rings. The average Bonchev–Trinajstić information content (AvgIpc) is 2.74. The Labute approximate surface area is 103 Å². The Balaban J connectivity index is 1.85. The van der Waals surface area contributed by atoms with Gasteiger partial charge in [0.05, 0.1) is 12.0 Å². The molecule has 1 aliphatic carbocycles. The van der Waals surface area contributed by atoms with Gasteiger partial charge in [-0.2, -0.15) is 0 Å². The zero-order valence-corrected chi connectivity index (χ0v) is 10.7. The fourth-order valence-electron chi connectivity index (χ4n) is 3.20. The molecule has 0 radical (unpaired) electrons. The van der Waals surface area contributed by atoms with Crippen LogP contribution in [0, 0.1) is 0 Å². The third-order valence-electron chi connectivity index (χ3n) is 4.28. The van der Waals surface area contributed by atoms with E-state index in [0.717, 1.165) is 19.4 Å². The molecule has 4 nitrogen and oxygen atoms in total. The Morgan fingerprint density at radius 3 is 2.82 bits per heavy atom. The molecule has 0 aromatic rings. The molecule has 0 bridgehead atoms. The quantitative estimate of drug-likeness (QED) is 0.816. The summed E-state index contributed by atoms with van der Waals surface area (Å²) in [5.74, 6) is -0.709. The van der Waals surface area contributed by atoms with Crippen molar-refractivity contribution in [1.82, 2.24) is 4.90 Å². The van der Waals surface area contributed by atoms with Crippen molar-refractivity contribution in [2.24, 2.45) is 0 Å². The molecule has 1 heterocycles. The second kappa shape index (κ2) is 5.36. The predicted molar refractivity (Wildman–Crippen MR) is 65.1 cm³/mol. The van der Waals surface area contributed by atoms with Crippen LogP contribution in [0.5, 0.6) is 0 Å². The average molecular weight is 241 g/mol. The second-order valence-electron chi connectivity index (χ2n) is 5.51. The van der Waals surface area contributed by atoms with Crippen LogP contribution in [-0.2, 0) is 9.53 Å². The van der Waals surface area contributed by atoms with Crippen LogP contribution >= 0.6 is 0 Å². The Bertz CT molecular complexity index is 274. The first kappa shape index (κ1) is 12.8. The van der Waals surface area contributed by atoms with E-state index in [1.54, 1.807) is 0 Å². The normalized spacial score (nSPS) is 27.8. The summed E-state index contributed by atoms with van der Waals surface area (Å²) in [4.78, 5) is 12.8. The lowest BCUT2D eigenvalue weighted by atomic mass is 9.88. The molecule has 1 aliphatic heterocycles. The summed E-state index contributed by atoms with van der Waals surface area (Å²) in [6, 6.07) is 0.501. The van der Waals surface area contributed by atoms with Gasteiger partial charge in [-0.15, -0.1) is 0 Å². The summed E-state index contributed by atoms with van der Waals surface area (Å²) in [6.07, 6.45) is 7.31. The van der Waals surface area contributed by atoms with Crippen molar-refractivity contribution in [3.8, 4) is 0 Å². The van der Waals surface area contributed by atoms with E-state index in [-0.39, 0.29) is 12.0 Å². The number of carbonyl (C=O) groups is 1. The summed E-state index contributed by atoms with van der Waals surface area (Å²) in [5.41, 5.74) is 0.125. The van der Waals surface area contributed by atoms with Crippen LogP contribution in [0.2, 0.25) is 0 Å². The molecule has 0 aromatic carbocycles. The van der Waals surface area contributed by atoms with Gasteiger partial charge in [0.25, 0.3) is 0 Å². The van der Waals surface area contributed by atoms with Crippen LogP contribution in [0.15, 0.2) is 0 Å². The molecule has 1 N–H and O–H groups in total. The minimum absolute atomic E-state index is 0.125. The van der Waals surface area contributed by atoms with Gasteiger partial charge in [0.2, 0.25) is 0 Å². The van der Waals surface area contributed by atoms with Crippen molar-refractivity contribution in [3.05, 3.63) is 0 Å². The number of hydrogen-bond donors (Lipinski definition) is 1. The highest BCUT2D eigenvalue weighted by Crippen LogP contribution is 2.40. The van der Waals surface area contributed by atoms with Crippen LogP contribution in [0.3, 0.4) is 0 Å². The fourth-order valence-corrected chi connectivity index (χ4v) is 3.20. The lowest BCUT2D eigenvalue weighted by molar-refractivity contribution is -0.137. The molecule has 2 rings (SSSR count). The first-order valence-electron chi connectivity index (χ1n) is 6.67. The molecule has 17 heavy (non-hydrogen) atoms. The van der Waals surface area contributed by atoms with E-state index >= 15 is 0 Å². The summed E-state index contributed by atoms with van der Waals surface area (Å²) in [5, 5.41) is 8.71. The zero-order valence-electron chi connectivity index (χ0n) is 10.7. The first-order chi connectivity index (χ1) is 8.11. The molecule has 0 amide bonds. The van der Waals surface area contributed by atoms with Gasteiger partial charge in [-0.25, -0.2) is 0 Å².